The predicted molar refractivity (Wildman–Crippen MR) is 62.6 cm³/mol. The predicted octanol–water partition coefficient (Wildman–Crippen LogP) is 4.36. The fourth-order valence-electron chi connectivity index (χ4n) is 0.313. The first-order valence-corrected chi connectivity index (χ1v) is 4.68. The van der Waals surface area contributed by atoms with Gasteiger partial charge in [0.15, 0.2) is 0 Å². The number of hydrogen-bond donors (Lipinski definition) is 0. The first-order valence-electron chi connectivity index (χ1n) is 4.68. The summed E-state index contributed by atoms with van der Waals surface area (Å²) in [5.41, 5.74) is 0. The molecule has 0 atom stereocenters. The van der Waals surface area contributed by atoms with Crippen LogP contribution in [0.1, 0.15) is 40.5 Å². The smallest absolute Gasteiger partial charge is 0.0267 e. The fraction of sp³-hybridized carbons (Fsp3) is 0.500. The van der Waals surface area contributed by atoms with Gasteiger partial charge in [-0.25, -0.2) is 0 Å². The van der Waals surface area contributed by atoms with Crippen molar-refractivity contribution in [2.45, 2.75) is 40.5 Å². The van der Waals surface area contributed by atoms with Crippen molar-refractivity contribution in [3.05, 3.63) is 38.0 Å². The van der Waals surface area contributed by atoms with Crippen LogP contribution in [0.3, 0.4) is 0 Å². The fourth-order valence-corrected chi connectivity index (χ4v) is 0.313. The summed E-state index contributed by atoms with van der Waals surface area (Å²) in [6, 6.07) is 5.72. The molecule has 0 N–H and O–H groups in total. The molecule has 0 saturated carbocycles. The Labute approximate surface area is 103 Å². The molecule has 1 radical (unpaired) electrons. The van der Waals surface area contributed by atoms with E-state index in [1.54, 1.807) is 12.4 Å². The number of rotatable bonds is 0. The van der Waals surface area contributed by atoms with Crippen LogP contribution >= 0.6 is 0 Å². The van der Waals surface area contributed by atoms with E-state index in [-0.39, 0.29) is 26.9 Å². The molecule has 1 aromatic heterocycles. The first kappa shape index (κ1) is 23.5. The average Bonchev–Trinajstić information content (AvgIpc) is 2.10. The van der Waals surface area contributed by atoms with Crippen LogP contribution < -0.4 is 0 Å². The summed E-state index contributed by atoms with van der Waals surface area (Å²) < 4.78 is 0. The second-order valence-corrected chi connectivity index (χ2v) is 2.44. The van der Waals surface area contributed by atoms with Crippen molar-refractivity contribution in [2.75, 3.05) is 0 Å². The van der Waals surface area contributed by atoms with Crippen LogP contribution in [0.2, 0.25) is 0 Å². The van der Waals surface area contributed by atoms with Crippen LogP contribution in [-0.4, -0.2) is 4.98 Å². The van der Waals surface area contributed by atoms with Crippen LogP contribution in [0.5, 0.6) is 0 Å². The van der Waals surface area contributed by atoms with Crippen molar-refractivity contribution in [1.29, 1.82) is 0 Å². The third-order valence-corrected chi connectivity index (χ3v) is 0.566. The molecule has 0 fully saturated rings. The van der Waals surface area contributed by atoms with E-state index in [4.69, 9.17) is 0 Å². The molecule has 1 nitrogen and oxygen atoms in total. The van der Waals surface area contributed by atoms with Crippen LogP contribution in [0.4, 0.5) is 0 Å². The van der Waals surface area contributed by atoms with Gasteiger partial charge in [0.1, 0.15) is 0 Å². The van der Waals surface area contributed by atoms with Crippen molar-refractivity contribution in [3.63, 3.8) is 0 Å². The maximum atomic E-state index is 3.78. The molecule has 14 heavy (non-hydrogen) atoms. The van der Waals surface area contributed by atoms with Gasteiger partial charge in [0, 0.05) is 31.9 Å². The summed E-state index contributed by atoms with van der Waals surface area (Å²) in [7, 11) is 0. The van der Waals surface area contributed by atoms with Gasteiger partial charge in [-0.2, -0.15) is 0 Å². The second-order valence-electron chi connectivity index (χ2n) is 2.44. The SMILES string of the molecule is CCC.CCC.[CH3-].[Rh].c1ccncc1. The monoisotopic (exact) mass is 285 g/mol. The molecule has 0 amide bonds. The zero-order valence-electron chi connectivity index (χ0n) is 10.1. The Hall–Kier alpha value is -0.227. The minimum Gasteiger partial charge on any atom is -0.358 e. The molecule has 0 aliphatic heterocycles. The Morgan fingerprint density at radius 2 is 1.07 bits per heavy atom. The molecule has 87 valence electrons. The van der Waals surface area contributed by atoms with Crippen molar-refractivity contribution >= 4 is 0 Å². The van der Waals surface area contributed by atoms with Crippen LogP contribution in [0.15, 0.2) is 30.6 Å². The molecule has 0 aliphatic rings. The van der Waals surface area contributed by atoms with Crippen molar-refractivity contribution in [3.8, 4) is 0 Å². The van der Waals surface area contributed by atoms with E-state index in [2.05, 4.69) is 32.7 Å². The van der Waals surface area contributed by atoms with E-state index >= 15 is 0 Å². The van der Waals surface area contributed by atoms with Gasteiger partial charge < -0.3 is 7.43 Å². The molecule has 0 saturated heterocycles. The number of aromatic nitrogens is 1. The molecule has 1 rings (SSSR count). The van der Waals surface area contributed by atoms with Gasteiger partial charge in [-0.15, -0.1) is 0 Å². The molecule has 2 heteroatoms. The van der Waals surface area contributed by atoms with Crippen LogP contribution in [0.25, 0.3) is 0 Å². The van der Waals surface area contributed by atoms with Gasteiger partial charge in [0.05, 0.1) is 0 Å². The standard InChI is InChI=1S/C5H5N.2C3H8.CH3.Rh/c1-2-4-6-5-3-1;2*1-3-2;;/h1-5H;2*3H2,1-2H3;1H3;/q;;;-1;. The van der Waals surface area contributed by atoms with Gasteiger partial charge >= 0.3 is 0 Å². The molecule has 1 aromatic rings. The molecule has 0 spiro atoms. The third-order valence-electron chi connectivity index (χ3n) is 0.566. The van der Waals surface area contributed by atoms with Crippen molar-refractivity contribution < 1.29 is 19.5 Å². The Balaban J connectivity index is -0.0000000557. The van der Waals surface area contributed by atoms with Crippen LogP contribution in [-0.2, 0) is 19.5 Å². The summed E-state index contributed by atoms with van der Waals surface area (Å²) >= 11 is 0. The second kappa shape index (κ2) is 29.3. The minimum atomic E-state index is 0. The maximum Gasteiger partial charge on any atom is 0.0267 e. The average molecular weight is 285 g/mol. The van der Waals surface area contributed by atoms with E-state index in [0.29, 0.717) is 0 Å². The van der Waals surface area contributed by atoms with Gasteiger partial charge in [0.25, 0.3) is 0 Å². The first-order chi connectivity index (χ1) is 5.83. The van der Waals surface area contributed by atoms with E-state index in [1.807, 2.05) is 18.2 Å². The summed E-state index contributed by atoms with van der Waals surface area (Å²) in [4.78, 5) is 3.78. The van der Waals surface area contributed by atoms with E-state index in [0.717, 1.165) is 0 Å². The Morgan fingerprint density at radius 1 is 0.786 bits per heavy atom. The molecule has 0 aromatic carbocycles. The topological polar surface area (TPSA) is 12.9 Å². The summed E-state index contributed by atoms with van der Waals surface area (Å²) in [5.74, 6) is 0. The normalized spacial score (nSPS) is 6.00. The zero-order valence-corrected chi connectivity index (χ0v) is 11.7. The maximum absolute atomic E-state index is 3.78. The molecule has 0 aliphatic carbocycles. The Kier molecular flexibility index (Phi) is 49.2. The van der Waals surface area contributed by atoms with Gasteiger partial charge in [-0.05, 0) is 12.1 Å². The van der Waals surface area contributed by atoms with Gasteiger partial charge in [0.2, 0.25) is 0 Å². The summed E-state index contributed by atoms with van der Waals surface area (Å²) in [6.45, 7) is 8.50. The minimum absolute atomic E-state index is 0. The Morgan fingerprint density at radius 3 is 1.14 bits per heavy atom. The molecular weight excluding hydrogens is 261 g/mol. The number of hydrogen-bond acceptors (Lipinski definition) is 1. The Bertz CT molecular complexity index is 102. The molecule has 0 bridgehead atoms. The van der Waals surface area contributed by atoms with E-state index < -0.39 is 0 Å². The van der Waals surface area contributed by atoms with Crippen molar-refractivity contribution in [1.82, 2.24) is 4.98 Å². The van der Waals surface area contributed by atoms with Crippen LogP contribution in [0, 0.1) is 7.43 Å². The van der Waals surface area contributed by atoms with E-state index in [1.165, 1.54) is 12.8 Å². The third kappa shape index (κ3) is 41.0. The van der Waals surface area contributed by atoms with E-state index in [9.17, 15) is 0 Å². The van der Waals surface area contributed by atoms with Gasteiger partial charge in [-0.1, -0.05) is 46.6 Å². The van der Waals surface area contributed by atoms with Crippen molar-refractivity contribution in [2.24, 2.45) is 0 Å². The molecular formula is C12H24NRh-. The number of pyridine rings is 1. The quantitative estimate of drug-likeness (QED) is 0.510. The summed E-state index contributed by atoms with van der Waals surface area (Å²) in [5, 5.41) is 0. The zero-order chi connectivity index (χ0) is 9.66. The van der Waals surface area contributed by atoms with Gasteiger partial charge in [-0.3, -0.25) is 4.98 Å². The molecule has 1 heterocycles. The largest absolute Gasteiger partial charge is 0.358 e. The molecule has 0 unspecified atom stereocenters. The number of nitrogens with zero attached hydrogens (tertiary/aromatic N) is 1. The summed E-state index contributed by atoms with van der Waals surface area (Å²) in [6.07, 6.45) is 6.00.